The fourth-order valence-electron chi connectivity index (χ4n) is 1.47. The predicted octanol–water partition coefficient (Wildman–Crippen LogP) is 2.08. The Labute approximate surface area is 112 Å². The van der Waals surface area contributed by atoms with Crippen LogP contribution in [0.1, 0.15) is 17.3 Å². The van der Waals surface area contributed by atoms with Gasteiger partial charge in [-0.15, -0.1) is 0 Å². The van der Waals surface area contributed by atoms with Crippen molar-refractivity contribution in [3.8, 4) is 0 Å². The van der Waals surface area contributed by atoms with Crippen LogP contribution in [0.3, 0.4) is 0 Å². The SMILES string of the molecule is CC(=O)c1cc([N+](=O)[O-])ccc1Sc1ncnn1C. The van der Waals surface area contributed by atoms with Gasteiger partial charge in [0, 0.05) is 29.6 Å². The summed E-state index contributed by atoms with van der Waals surface area (Å²) in [5.41, 5.74) is 0.203. The molecule has 0 fully saturated rings. The Kier molecular flexibility index (Phi) is 3.61. The summed E-state index contributed by atoms with van der Waals surface area (Å²) in [5.74, 6) is -0.228. The number of nitro groups is 1. The average Bonchev–Trinajstić information content (AvgIpc) is 2.75. The summed E-state index contributed by atoms with van der Waals surface area (Å²) in [5, 5.41) is 15.3. The Morgan fingerprint density at radius 3 is 2.74 bits per heavy atom. The molecule has 0 aliphatic heterocycles. The molecule has 0 atom stereocenters. The number of hydrogen-bond donors (Lipinski definition) is 0. The van der Waals surface area contributed by atoms with Gasteiger partial charge in [-0.05, 0) is 24.8 Å². The smallest absolute Gasteiger partial charge is 0.270 e. The van der Waals surface area contributed by atoms with E-state index in [9.17, 15) is 14.9 Å². The Morgan fingerprint density at radius 2 is 2.21 bits per heavy atom. The van der Waals surface area contributed by atoms with Gasteiger partial charge < -0.3 is 0 Å². The molecule has 0 aliphatic rings. The number of aromatic nitrogens is 3. The quantitative estimate of drug-likeness (QED) is 0.483. The van der Waals surface area contributed by atoms with E-state index in [1.165, 1.54) is 37.1 Å². The molecule has 0 bridgehead atoms. The van der Waals surface area contributed by atoms with Crippen molar-refractivity contribution >= 4 is 23.2 Å². The summed E-state index contributed by atoms with van der Waals surface area (Å²) in [6, 6.07) is 4.19. The summed E-state index contributed by atoms with van der Waals surface area (Å²) in [6.45, 7) is 1.37. The molecule has 1 aromatic carbocycles. The zero-order chi connectivity index (χ0) is 14.0. The Hall–Kier alpha value is -2.22. The highest BCUT2D eigenvalue weighted by Gasteiger charge is 2.16. The van der Waals surface area contributed by atoms with Gasteiger partial charge in [-0.3, -0.25) is 14.9 Å². The second kappa shape index (κ2) is 5.19. The molecule has 2 aromatic rings. The predicted molar refractivity (Wildman–Crippen MR) is 68.2 cm³/mol. The molecule has 0 aliphatic carbocycles. The van der Waals surface area contributed by atoms with Crippen LogP contribution < -0.4 is 0 Å². The van der Waals surface area contributed by atoms with E-state index >= 15 is 0 Å². The zero-order valence-corrected chi connectivity index (χ0v) is 11.0. The van der Waals surface area contributed by atoms with Crippen LogP contribution in [0.2, 0.25) is 0 Å². The number of carbonyl (C=O) groups excluding carboxylic acids is 1. The minimum absolute atomic E-state index is 0.104. The molecular weight excluding hydrogens is 268 g/mol. The third-order valence-electron chi connectivity index (χ3n) is 2.42. The van der Waals surface area contributed by atoms with Crippen LogP contribution in [-0.4, -0.2) is 25.5 Å². The second-order valence-electron chi connectivity index (χ2n) is 3.76. The molecule has 0 unspecified atom stereocenters. The lowest BCUT2D eigenvalue weighted by Crippen LogP contribution is -1.99. The van der Waals surface area contributed by atoms with Gasteiger partial charge in [0.25, 0.3) is 5.69 Å². The van der Waals surface area contributed by atoms with Gasteiger partial charge in [-0.25, -0.2) is 9.67 Å². The number of nitrogens with zero attached hydrogens (tertiary/aromatic N) is 4. The highest BCUT2D eigenvalue weighted by atomic mass is 32.2. The standard InChI is InChI=1S/C11H10N4O3S/c1-7(16)9-5-8(15(17)18)3-4-10(9)19-11-12-6-13-14(11)2/h3-6H,1-2H3. The van der Waals surface area contributed by atoms with Gasteiger partial charge in [0.2, 0.25) is 0 Å². The normalized spacial score (nSPS) is 10.4. The molecule has 1 aromatic heterocycles. The third-order valence-corrected chi connectivity index (χ3v) is 3.55. The second-order valence-corrected chi connectivity index (χ2v) is 4.77. The Bertz CT molecular complexity index is 653. The largest absolute Gasteiger partial charge is 0.294 e. The van der Waals surface area contributed by atoms with Crippen molar-refractivity contribution in [2.45, 2.75) is 17.0 Å². The summed E-state index contributed by atoms with van der Waals surface area (Å²) in [6.07, 6.45) is 1.40. The first-order valence-corrected chi connectivity index (χ1v) is 6.12. The fraction of sp³-hybridized carbons (Fsp3) is 0.182. The number of carbonyl (C=O) groups is 1. The summed E-state index contributed by atoms with van der Waals surface area (Å²) in [7, 11) is 1.73. The maximum atomic E-state index is 11.6. The molecule has 0 spiro atoms. The molecule has 0 radical (unpaired) electrons. The lowest BCUT2D eigenvalue weighted by Gasteiger charge is -2.05. The van der Waals surface area contributed by atoms with Crippen LogP contribution >= 0.6 is 11.8 Å². The van der Waals surface area contributed by atoms with Crippen LogP contribution in [0.5, 0.6) is 0 Å². The van der Waals surface area contributed by atoms with Gasteiger partial charge >= 0.3 is 0 Å². The molecule has 0 amide bonds. The topological polar surface area (TPSA) is 90.9 Å². The van der Waals surface area contributed by atoms with E-state index in [1.54, 1.807) is 17.8 Å². The summed E-state index contributed by atoms with van der Waals surface area (Å²) in [4.78, 5) is 26.4. The number of hydrogen-bond acceptors (Lipinski definition) is 6. The highest BCUT2D eigenvalue weighted by Crippen LogP contribution is 2.31. The summed E-state index contributed by atoms with van der Waals surface area (Å²) >= 11 is 1.24. The van der Waals surface area contributed by atoms with Crippen molar-refractivity contribution < 1.29 is 9.72 Å². The highest BCUT2D eigenvalue weighted by molar-refractivity contribution is 7.99. The van der Waals surface area contributed by atoms with E-state index in [0.29, 0.717) is 15.6 Å². The van der Waals surface area contributed by atoms with E-state index in [0.717, 1.165) is 0 Å². The van der Waals surface area contributed by atoms with Crippen LogP contribution in [0.25, 0.3) is 0 Å². The number of nitro benzene ring substituents is 1. The lowest BCUT2D eigenvalue weighted by atomic mass is 10.1. The zero-order valence-electron chi connectivity index (χ0n) is 10.2. The summed E-state index contributed by atoms with van der Waals surface area (Å²) < 4.78 is 1.57. The van der Waals surface area contributed by atoms with E-state index in [4.69, 9.17) is 0 Å². The van der Waals surface area contributed by atoms with Gasteiger partial charge in [-0.2, -0.15) is 5.10 Å². The molecule has 0 saturated carbocycles. The van der Waals surface area contributed by atoms with Crippen LogP contribution in [0, 0.1) is 10.1 Å². The molecule has 19 heavy (non-hydrogen) atoms. The van der Waals surface area contributed by atoms with Crippen molar-refractivity contribution in [3.05, 3.63) is 40.2 Å². The van der Waals surface area contributed by atoms with E-state index in [-0.39, 0.29) is 11.5 Å². The maximum Gasteiger partial charge on any atom is 0.270 e. The first-order chi connectivity index (χ1) is 8.99. The first kappa shape index (κ1) is 13.2. The molecule has 2 rings (SSSR count). The third kappa shape index (κ3) is 2.79. The number of Topliss-reactive ketones (excluding diaryl/α,β-unsaturated/α-hetero) is 1. The Morgan fingerprint density at radius 1 is 1.47 bits per heavy atom. The number of rotatable bonds is 4. The molecule has 7 nitrogen and oxygen atoms in total. The molecular formula is C11H10N4O3S. The molecule has 98 valence electrons. The van der Waals surface area contributed by atoms with Gasteiger partial charge in [0.15, 0.2) is 10.9 Å². The van der Waals surface area contributed by atoms with Gasteiger partial charge in [-0.1, -0.05) is 0 Å². The van der Waals surface area contributed by atoms with Gasteiger partial charge in [0.1, 0.15) is 6.33 Å². The minimum Gasteiger partial charge on any atom is -0.294 e. The van der Waals surface area contributed by atoms with E-state index < -0.39 is 4.92 Å². The molecule has 0 saturated heterocycles. The average molecular weight is 278 g/mol. The number of aryl methyl sites for hydroxylation is 1. The number of ketones is 1. The van der Waals surface area contributed by atoms with Crippen molar-refractivity contribution in [1.82, 2.24) is 14.8 Å². The molecule has 8 heteroatoms. The van der Waals surface area contributed by atoms with Gasteiger partial charge in [0.05, 0.1) is 4.92 Å². The molecule has 1 heterocycles. The van der Waals surface area contributed by atoms with Crippen molar-refractivity contribution in [2.75, 3.05) is 0 Å². The Balaban J connectivity index is 2.43. The number of non-ortho nitro benzene ring substituents is 1. The van der Waals surface area contributed by atoms with Crippen molar-refractivity contribution in [2.24, 2.45) is 7.05 Å². The van der Waals surface area contributed by atoms with E-state index in [1.807, 2.05) is 0 Å². The first-order valence-electron chi connectivity index (χ1n) is 5.30. The fourth-order valence-corrected chi connectivity index (χ4v) is 2.40. The van der Waals surface area contributed by atoms with Crippen molar-refractivity contribution in [3.63, 3.8) is 0 Å². The van der Waals surface area contributed by atoms with Crippen LogP contribution in [0.15, 0.2) is 34.6 Å². The van der Waals surface area contributed by atoms with Crippen molar-refractivity contribution in [1.29, 1.82) is 0 Å². The van der Waals surface area contributed by atoms with Crippen LogP contribution in [-0.2, 0) is 7.05 Å². The number of benzene rings is 1. The van der Waals surface area contributed by atoms with Crippen LogP contribution in [0.4, 0.5) is 5.69 Å². The minimum atomic E-state index is -0.525. The maximum absolute atomic E-state index is 11.6. The molecule has 0 N–H and O–H groups in total. The lowest BCUT2D eigenvalue weighted by molar-refractivity contribution is -0.384. The van der Waals surface area contributed by atoms with E-state index in [2.05, 4.69) is 10.1 Å². The monoisotopic (exact) mass is 278 g/mol.